The molecule has 0 aliphatic carbocycles. The van der Waals surface area contributed by atoms with Crippen molar-refractivity contribution in [3.05, 3.63) is 29.8 Å². The highest BCUT2D eigenvalue weighted by atomic mass is 127. The standard InChI is InChI=1S/C21H34N4O3.HI/c1-3-6-19(27)25-18-8-5-7-17(13-18)14-23-20(22-4-2)24-15-21(9-11-26)10-12-28-16-21;/h5,7-8,13,26H,3-4,6,9-12,14-16H2,1-2H3,(H,25,27)(H2,22,23,24);1H. The first kappa shape index (κ1) is 25.6. The van der Waals surface area contributed by atoms with E-state index in [1.54, 1.807) is 0 Å². The number of carbonyl (C=O) groups is 1. The summed E-state index contributed by atoms with van der Waals surface area (Å²) in [6.45, 7) is 7.58. The summed E-state index contributed by atoms with van der Waals surface area (Å²) in [4.78, 5) is 16.5. The molecule has 29 heavy (non-hydrogen) atoms. The molecule has 1 unspecified atom stereocenters. The van der Waals surface area contributed by atoms with Gasteiger partial charge < -0.3 is 25.8 Å². The third kappa shape index (κ3) is 8.88. The van der Waals surface area contributed by atoms with Crippen LogP contribution in [0.5, 0.6) is 0 Å². The van der Waals surface area contributed by atoms with Gasteiger partial charge in [0.1, 0.15) is 0 Å². The topological polar surface area (TPSA) is 95.0 Å². The van der Waals surface area contributed by atoms with E-state index in [0.717, 1.165) is 49.6 Å². The number of benzene rings is 1. The Morgan fingerprint density at radius 3 is 2.79 bits per heavy atom. The lowest BCUT2D eigenvalue weighted by molar-refractivity contribution is -0.116. The molecule has 1 aliphatic heterocycles. The highest BCUT2D eigenvalue weighted by Gasteiger charge is 2.34. The number of guanidine groups is 1. The number of aliphatic hydroxyl groups is 1. The van der Waals surface area contributed by atoms with Crippen LogP contribution in [-0.2, 0) is 16.1 Å². The maximum Gasteiger partial charge on any atom is 0.224 e. The summed E-state index contributed by atoms with van der Waals surface area (Å²) in [5.41, 5.74) is 1.80. The molecule has 164 valence electrons. The lowest BCUT2D eigenvalue weighted by Gasteiger charge is -2.27. The fourth-order valence-corrected chi connectivity index (χ4v) is 3.29. The summed E-state index contributed by atoms with van der Waals surface area (Å²) < 4.78 is 5.55. The molecule has 1 aliphatic rings. The van der Waals surface area contributed by atoms with Crippen molar-refractivity contribution in [2.75, 3.05) is 38.2 Å². The lowest BCUT2D eigenvalue weighted by atomic mass is 9.84. The van der Waals surface area contributed by atoms with Crippen LogP contribution in [0.15, 0.2) is 29.3 Å². The molecule has 0 saturated carbocycles. The number of nitrogens with zero attached hydrogens (tertiary/aromatic N) is 1. The molecule has 0 aromatic heterocycles. The van der Waals surface area contributed by atoms with Gasteiger partial charge in [-0.1, -0.05) is 19.1 Å². The highest BCUT2D eigenvalue weighted by Crippen LogP contribution is 2.31. The van der Waals surface area contributed by atoms with Crippen molar-refractivity contribution in [3.63, 3.8) is 0 Å². The zero-order valence-corrected chi connectivity index (χ0v) is 19.8. The van der Waals surface area contributed by atoms with Crippen molar-refractivity contribution in [1.29, 1.82) is 0 Å². The van der Waals surface area contributed by atoms with Crippen LogP contribution >= 0.6 is 24.0 Å². The smallest absolute Gasteiger partial charge is 0.224 e. The number of amides is 1. The minimum atomic E-state index is -0.0333. The molecule has 1 fully saturated rings. The lowest BCUT2D eigenvalue weighted by Crippen LogP contribution is -2.44. The third-order valence-electron chi connectivity index (χ3n) is 4.91. The molecule has 7 nitrogen and oxygen atoms in total. The molecule has 1 amide bonds. The van der Waals surface area contributed by atoms with Crippen LogP contribution in [0.25, 0.3) is 0 Å². The fourth-order valence-electron chi connectivity index (χ4n) is 3.29. The van der Waals surface area contributed by atoms with E-state index >= 15 is 0 Å². The number of carbonyl (C=O) groups excluding carboxylic acids is 1. The predicted octanol–water partition coefficient (Wildman–Crippen LogP) is 2.89. The second kappa shape index (κ2) is 13.8. The van der Waals surface area contributed by atoms with Crippen LogP contribution < -0.4 is 16.0 Å². The molecular weight excluding hydrogens is 483 g/mol. The van der Waals surface area contributed by atoms with Gasteiger partial charge in [-0.15, -0.1) is 24.0 Å². The number of ether oxygens (including phenoxy) is 1. The van der Waals surface area contributed by atoms with Crippen molar-refractivity contribution >= 4 is 41.5 Å². The van der Waals surface area contributed by atoms with Gasteiger partial charge in [-0.3, -0.25) is 4.79 Å². The van der Waals surface area contributed by atoms with Gasteiger partial charge in [0.2, 0.25) is 5.91 Å². The number of hydrogen-bond donors (Lipinski definition) is 4. The van der Waals surface area contributed by atoms with E-state index in [0.29, 0.717) is 26.1 Å². The van der Waals surface area contributed by atoms with E-state index in [-0.39, 0.29) is 41.9 Å². The Morgan fingerprint density at radius 1 is 1.31 bits per heavy atom. The highest BCUT2D eigenvalue weighted by molar-refractivity contribution is 14.0. The van der Waals surface area contributed by atoms with E-state index in [9.17, 15) is 9.90 Å². The van der Waals surface area contributed by atoms with Crippen molar-refractivity contribution in [1.82, 2.24) is 10.6 Å². The Morgan fingerprint density at radius 2 is 2.14 bits per heavy atom. The quantitative estimate of drug-likeness (QED) is 0.217. The normalized spacial score (nSPS) is 18.8. The number of aliphatic hydroxyl groups excluding tert-OH is 1. The summed E-state index contributed by atoms with van der Waals surface area (Å²) in [5.74, 6) is 0.776. The molecule has 4 N–H and O–H groups in total. The Balaban J connectivity index is 0.00000420. The molecule has 0 radical (unpaired) electrons. The van der Waals surface area contributed by atoms with E-state index in [1.807, 2.05) is 38.1 Å². The molecule has 0 spiro atoms. The van der Waals surface area contributed by atoms with Crippen LogP contribution in [0.2, 0.25) is 0 Å². The molecular formula is C21H35IN4O3. The summed E-state index contributed by atoms with van der Waals surface area (Å²) in [5, 5.41) is 19.0. The van der Waals surface area contributed by atoms with Crippen LogP contribution in [0.1, 0.15) is 45.1 Å². The Bertz CT molecular complexity index is 649. The number of anilines is 1. The van der Waals surface area contributed by atoms with Gasteiger partial charge in [-0.2, -0.15) is 0 Å². The van der Waals surface area contributed by atoms with Crippen LogP contribution in [0, 0.1) is 5.41 Å². The number of halogens is 1. The van der Waals surface area contributed by atoms with E-state index in [2.05, 4.69) is 20.9 Å². The summed E-state index contributed by atoms with van der Waals surface area (Å²) in [6.07, 6.45) is 3.02. The van der Waals surface area contributed by atoms with Crippen molar-refractivity contribution in [3.8, 4) is 0 Å². The first-order chi connectivity index (χ1) is 13.6. The first-order valence-corrected chi connectivity index (χ1v) is 10.2. The second-order valence-corrected chi connectivity index (χ2v) is 7.32. The minimum Gasteiger partial charge on any atom is -0.396 e. The largest absolute Gasteiger partial charge is 0.396 e. The monoisotopic (exact) mass is 518 g/mol. The van der Waals surface area contributed by atoms with Gasteiger partial charge in [-0.25, -0.2) is 4.99 Å². The molecule has 1 aromatic rings. The van der Waals surface area contributed by atoms with Crippen molar-refractivity contribution in [2.24, 2.45) is 10.4 Å². The number of nitrogens with one attached hydrogen (secondary N) is 3. The zero-order chi connectivity index (χ0) is 20.2. The molecule has 1 aromatic carbocycles. The number of hydrogen-bond acceptors (Lipinski definition) is 4. The Hall–Kier alpha value is -1.39. The second-order valence-electron chi connectivity index (χ2n) is 7.32. The average Bonchev–Trinajstić information content (AvgIpc) is 3.13. The molecule has 8 heteroatoms. The van der Waals surface area contributed by atoms with Gasteiger partial charge in [-0.05, 0) is 43.9 Å². The number of rotatable bonds is 10. The fraction of sp³-hybridized carbons (Fsp3) is 0.619. The van der Waals surface area contributed by atoms with E-state index in [4.69, 9.17) is 4.74 Å². The maximum absolute atomic E-state index is 11.8. The molecule has 1 heterocycles. The molecule has 0 bridgehead atoms. The summed E-state index contributed by atoms with van der Waals surface area (Å²) in [7, 11) is 0. The summed E-state index contributed by atoms with van der Waals surface area (Å²) in [6, 6.07) is 7.78. The van der Waals surface area contributed by atoms with E-state index in [1.165, 1.54) is 0 Å². The van der Waals surface area contributed by atoms with E-state index < -0.39 is 0 Å². The SMILES string of the molecule is CCCC(=O)Nc1cccc(CN=C(NCC)NCC2(CCO)CCOC2)c1.I. The average molecular weight is 518 g/mol. The van der Waals surface area contributed by atoms with Gasteiger partial charge in [0.15, 0.2) is 5.96 Å². The van der Waals surface area contributed by atoms with Crippen LogP contribution in [-0.4, -0.2) is 49.9 Å². The Labute approximate surface area is 191 Å². The summed E-state index contributed by atoms with van der Waals surface area (Å²) >= 11 is 0. The van der Waals surface area contributed by atoms with Crippen LogP contribution in [0.4, 0.5) is 5.69 Å². The molecule has 1 saturated heterocycles. The minimum absolute atomic E-state index is 0. The maximum atomic E-state index is 11.8. The van der Waals surface area contributed by atoms with Gasteiger partial charge in [0.05, 0.1) is 13.2 Å². The molecule has 2 rings (SSSR count). The predicted molar refractivity (Wildman–Crippen MR) is 128 cm³/mol. The van der Waals surface area contributed by atoms with Crippen LogP contribution in [0.3, 0.4) is 0 Å². The van der Waals surface area contributed by atoms with Gasteiger partial charge in [0, 0.05) is 43.8 Å². The van der Waals surface area contributed by atoms with Gasteiger partial charge >= 0.3 is 0 Å². The number of aliphatic imine (C=N–C) groups is 1. The zero-order valence-electron chi connectivity index (χ0n) is 17.5. The first-order valence-electron chi connectivity index (χ1n) is 10.2. The van der Waals surface area contributed by atoms with Gasteiger partial charge in [0.25, 0.3) is 0 Å². The van der Waals surface area contributed by atoms with Crippen molar-refractivity contribution in [2.45, 2.75) is 46.1 Å². The molecule has 1 atom stereocenters. The third-order valence-corrected chi connectivity index (χ3v) is 4.91. The Kier molecular flexibility index (Phi) is 12.2. The van der Waals surface area contributed by atoms with Crippen molar-refractivity contribution < 1.29 is 14.6 Å².